The lowest BCUT2D eigenvalue weighted by Crippen LogP contribution is -2.55. The number of nitrogens with one attached hydrogen (secondary N) is 2. The Bertz CT molecular complexity index is 750. The molecular formula is C23H32N4O2. The predicted octanol–water partition coefficient (Wildman–Crippen LogP) is 3.56. The fourth-order valence-corrected chi connectivity index (χ4v) is 2.99. The SMILES string of the molecule is CCC[C@@H](C(=O)NCc1ccccc1)N(CCC(C)C)NC(=O)c1ccncc1. The molecule has 0 aliphatic rings. The minimum atomic E-state index is -0.423. The standard InChI is InChI=1S/C23H32N4O2/c1-4-8-21(23(29)25-17-19-9-6-5-7-10-19)27(16-13-18(2)3)26-22(28)20-11-14-24-15-12-20/h5-7,9-12,14-15,18,21H,4,8,13,16-17H2,1-3H3,(H,25,29)(H,26,28)/t21-/m0/s1. The largest absolute Gasteiger partial charge is 0.351 e. The number of carbonyl (C=O) groups excluding carboxylic acids is 2. The molecule has 2 amide bonds. The van der Waals surface area contributed by atoms with Gasteiger partial charge in [0.1, 0.15) is 6.04 Å². The molecule has 0 spiro atoms. The van der Waals surface area contributed by atoms with Gasteiger partial charge in [0, 0.05) is 31.0 Å². The van der Waals surface area contributed by atoms with Gasteiger partial charge in [-0.25, -0.2) is 5.01 Å². The Hall–Kier alpha value is -2.73. The molecule has 1 heterocycles. The van der Waals surface area contributed by atoms with Crippen LogP contribution >= 0.6 is 0 Å². The first-order chi connectivity index (χ1) is 14.0. The fraction of sp³-hybridized carbons (Fsp3) is 0.435. The van der Waals surface area contributed by atoms with E-state index in [0.29, 0.717) is 31.0 Å². The second-order valence-corrected chi connectivity index (χ2v) is 7.56. The summed E-state index contributed by atoms with van der Waals surface area (Å²) in [5, 5.41) is 4.82. The summed E-state index contributed by atoms with van der Waals surface area (Å²) in [5.74, 6) is 0.160. The summed E-state index contributed by atoms with van der Waals surface area (Å²) in [6.07, 6.45) is 5.55. The van der Waals surface area contributed by atoms with Crippen LogP contribution in [0.15, 0.2) is 54.9 Å². The summed E-state index contributed by atoms with van der Waals surface area (Å²) in [7, 11) is 0. The quantitative estimate of drug-likeness (QED) is 0.570. The van der Waals surface area contributed by atoms with Crippen molar-refractivity contribution in [2.45, 2.75) is 52.6 Å². The third-order valence-corrected chi connectivity index (χ3v) is 4.69. The van der Waals surface area contributed by atoms with Gasteiger partial charge in [0.05, 0.1) is 0 Å². The number of hydrogen-bond acceptors (Lipinski definition) is 4. The summed E-state index contributed by atoms with van der Waals surface area (Å²) in [6, 6.07) is 12.7. The maximum absolute atomic E-state index is 13.0. The van der Waals surface area contributed by atoms with E-state index in [0.717, 1.165) is 18.4 Å². The lowest BCUT2D eigenvalue weighted by Gasteiger charge is -2.31. The molecule has 0 saturated carbocycles. The van der Waals surface area contributed by atoms with Crippen LogP contribution in [-0.2, 0) is 11.3 Å². The summed E-state index contributed by atoms with van der Waals surface area (Å²) >= 11 is 0. The number of amides is 2. The van der Waals surface area contributed by atoms with Crippen LogP contribution < -0.4 is 10.7 Å². The highest BCUT2D eigenvalue weighted by Gasteiger charge is 2.27. The second kappa shape index (κ2) is 12.0. The van der Waals surface area contributed by atoms with E-state index in [-0.39, 0.29) is 11.8 Å². The number of hydrazine groups is 1. The molecule has 156 valence electrons. The Balaban J connectivity index is 2.11. The van der Waals surface area contributed by atoms with E-state index in [9.17, 15) is 9.59 Å². The number of rotatable bonds is 11. The molecule has 0 radical (unpaired) electrons. The highest BCUT2D eigenvalue weighted by molar-refractivity contribution is 5.94. The van der Waals surface area contributed by atoms with E-state index in [1.165, 1.54) is 0 Å². The van der Waals surface area contributed by atoms with Gasteiger partial charge in [-0.2, -0.15) is 0 Å². The van der Waals surface area contributed by atoms with Gasteiger partial charge in [0.25, 0.3) is 5.91 Å². The molecular weight excluding hydrogens is 364 g/mol. The van der Waals surface area contributed by atoms with Crippen LogP contribution in [0.5, 0.6) is 0 Å². The van der Waals surface area contributed by atoms with E-state index in [4.69, 9.17) is 0 Å². The molecule has 0 bridgehead atoms. The van der Waals surface area contributed by atoms with Crippen LogP contribution in [0.1, 0.15) is 56.0 Å². The van der Waals surface area contributed by atoms with Crippen molar-refractivity contribution in [3.05, 3.63) is 66.0 Å². The van der Waals surface area contributed by atoms with Crippen molar-refractivity contribution in [2.24, 2.45) is 5.92 Å². The van der Waals surface area contributed by atoms with Crippen molar-refractivity contribution in [1.29, 1.82) is 0 Å². The average Bonchev–Trinajstić information content (AvgIpc) is 2.74. The normalized spacial score (nSPS) is 12.0. The fourth-order valence-electron chi connectivity index (χ4n) is 2.99. The van der Waals surface area contributed by atoms with Crippen LogP contribution in [0, 0.1) is 5.92 Å². The molecule has 2 aromatic rings. The Kier molecular flexibility index (Phi) is 9.31. The predicted molar refractivity (Wildman–Crippen MR) is 115 cm³/mol. The number of aromatic nitrogens is 1. The molecule has 0 saturated heterocycles. The highest BCUT2D eigenvalue weighted by Crippen LogP contribution is 2.11. The molecule has 1 aromatic carbocycles. The van der Waals surface area contributed by atoms with Crippen LogP contribution in [0.25, 0.3) is 0 Å². The summed E-state index contributed by atoms with van der Waals surface area (Å²) in [4.78, 5) is 29.6. The third-order valence-electron chi connectivity index (χ3n) is 4.69. The van der Waals surface area contributed by atoms with Gasteiger partial charge in [-0.3, -0.25) is 20.0 Å². The first kappa shape index (κ1) is 22.6. The Morgan fingerprint density at radius 3 is 2.34 bits per heavy atom. The maximum Gasteiger partial charge on any atom is 0.265 e. The summed E-state index contributed by atoms with van der Waals surface area (Å²) < 4.78 is 0. The van der Waals surface area contributed by atoms with Crippen LogP contribution in [-0.4, -0.2) is 34.4 Å². The molecule has 1 atom stereocenters. The molecule has 0 aliphatic heterocycles. The number of carbonyl (C=O) groups is 2. The molecule has 0 unspecified atom stereocenters. The molecule has 2 rings (SSSR count). The Morgan fingerprint density at radius 2 is 1.72 bits per heavy atom. The monoisotopic (exact) mass is 396 g/mol. The van der Waals surface area contributed by atoms with E-state index in [1.807, 2.05) is 37.3 Å². The minimum Gasteiger partial charge on any atom is -0.351 e. The van der Waals surface area contributed by atoms with Gasteiger partial charge >= 0.3 is 0 Å². The molecule has 2 N–H and O–H groups in total. The van der Waals surface area contributed by atoms with Gasteiger partial charge in [-0.15, -0.1) is 0 Å². The van der Waals surface area contributed by atoms with Crippen LogP contribution in [0.3, 0.4) is 0 Å². The van der Waals surface area contributed by atoms with Crippen LogP contribution in [0.2, 0.25) is 0 Å². The lowest BCUT2D eigenvalue weighted by atomic mass is 10.1. The number of hydrogen-bond donors (Lipinski definition) is 2. The number of nitrogens with zero attached hydrogens (tertiary/aromatic N) is 2. The van der Waals surface area contributed by atoms with E-state index < -0.39 is 6.04 Å². The molecule has 6 nitrogen and oxygen atoms in total. The molecule has 6 heteroatoms. The first-order valence-electron chi connectivity index (χ1n) is 10.3. The second-order valence-electron chi connectivity index (χ2n) is 7.56. The summed E-state index contributed by atoms with van der Waals surface area (Å²) in [5.41, 5.74) is 4.53. The number of benzene rings is 1. The molecule has 29 heavy (non-hydrogen) atoms. The molecule has 0 fully saturated rings. The van der Waals surface area contributed by atoms with Crippen molar-refractivity contribution in [3.8, 4) is 0 Å². The summed E-state index contributed by atoms with van der Waals surface area (Å²) in [6.45, 7) is 7.39. The highest BCUT2D eigenvalue weighted by atomic mass is 16.2. The maximum atomic E-state index is 13.0. The third kappa shape index (κ3) is 7.66. The van der Waals surface area contributed by atoms with Gasteiger partial charge in [0.15, 0.2) is 0 Å². The Morgan fingerprint density at radius 1 is 1.03 bits per heavy atom. The smallest absolute Gasteiger partial charge is 0.265 e. The van der Waals surface area contributed by atoms with Gasteiger partial charge < -0.3 is 5.32 Å². The average molecular weight is 397 g/mol. The van der Waals surface area contributed by atoms with Crippen molar-refractivity contribution >= 4 is 11.8 Å². The van der Waals surface area contributed by atoms with Crippen LogP contribution in [0.4, 0.5) is 0 Å². The van der Waals surface area contributed by atoms with Gasteiger partial charge in [-0.1, -0.05) is 57.5 Å². The first-order valence-corrected chi connectivity index (χ1v) is 10.3. The zero-order chi connectivity index (χ0) is 21.1. The minimum absolute atomic E-state index is 0.0745. The Labute approximate surface area is 173 Å². The zero-order valence-corrected chi connectivity index (χ0v) is 17.6. The van der Waals surface area contributed by atoms with Gasteiger partial charge in [-0.05, 0) is 36.5 Å². The number of pyridine rings is 1. The van der Waals surface area contributed by atoms with Gasteiger partial charge in [0.2, 0.25) is 5.91 Å². The topological polar surface area (TPSA) is 74.3 Å². The van der Waals surface area contributed by atoms with Crippen molar-refractivity contribution in [1.82, 2.24) is 20.7 Å². The molecule has 1 aromatic heterocycles. The molecule has 0 aliphatic carbocycles. The van der Waals surface area contributed by atoms with Crippen molar-refractivity contribution in [2.75, 3.05) is 6.54 Å². The van der Waals surface area contributed by atoms with E-state index in [2.05, 4.69) is 29.6 Å². The zero-order valence-electron chi connectivity index (χ0n) is 17.6. The van der Waals surface area contributed by atoms with Crippen molar-refractivity contribution in [3.63, 3.8) is 0 Å². The van der Waals surface area contributed by atoms with E-state index >= 15 is 0 Å². The van der Waals surface area contributed by atoms with E-state index in [1.54, 1.807) is 29.5 Å². The van der Waals surface area contributed by atoms with Crippen molar-refractivity contribution < 1.29 is 9.59 Å². The lowest BCUT2D eigenvalue weighted by molar-refractivity contribution is -0.128.